The fraction of sp³-hybridized carbons (Fsp3) is 0.130. The molecule has 0 radical (unpaired) electrons. The van der Waals surface area contributed by atoms with E-state index >= 15 is 0 Å². The lowest BCUT2D eigenvalue weighted by atomic mass is 9.81. The van der Waals surface area contributed by atoms with Crippen molar-refractivity contribution in [2.75, 3.05) is 7.11 Å². The Morgan fingerprint density at radius 2 is 1.39 bits per heavy atom. The molecule has 3 aromatic rings. The second-order valence-corrected chi connectivity index (χ2v) is 6.28. The Balaban J connectivity index is 2.12. The molecule has 3 aromatic carbocycles. The van der Waals surface area contributed by atoms with Crippen molar-refractivity contribution >= 4 is 11.9 Å². The maximum atomic E-state index is 13.5. The fourth-order valence-corrected chi connectivity index (χ4v) is 3.15. The van der Waals surface area contributed by atoms with E-state index in [1.165, 1.54) is 19.2 Å². The Kier molecular flexibility index (Phi) is 6.17. The molecule has 0 heterocycles. The number of rotatable bonds is 6. The molecule has 4 nitrogen and oxygen atoms in total. The number of hydrogen-bond donors (Lipinski definition) is 1. The summed E-state index contributed by atoms with van der Waals surface area (Å²) in [4.78, 5) is 25.5. The summed E-state index contributed by atoms with van der Waals surface area (Å²) in [5.74, 6) is -1.34. The van der Waals surface area contributed by atoms with Gasteiger partial charge in [0.05, 0.1) is 19.1 Å². The Bertz CT molecular complexity index is 927. The lowest BCUT2D eigenvalue weighted by Crippen LogP contribution is -2.35. The average molecular weight is 377 g/mol. The van der Waals surface area contributed by atoms with E-state index in [-0.39, 0.29) is 5.78 Å². The summed E-state index contributed by atoms with van der Waals surface area (Å²) in [5.41, 5.74) is 1.84. The fourth-order valence-electron chi connectivity index (χ4n) is 3.15. The van der Waals surface area contributed by atoms with Crippen LogP contribution in [0.1, 0.15) is 33.4 Å². The van der Waals surface area contributed by atoms with E-state index in [1.54, 1.807) is 36.4 Å². The molecule has 0 bridgehead atoms. The first-order chi connectivity index (χ1) is 13.6. The van der Waals surface area contributed by atoms with Gasteiger partial charge in [-0.05, 0) is 23.3 Å². The second kappa shape index (κ2) is 8.95. The van der Waals surface area contributed by atoms with Gasteiger partial charge in [0.1, 0.15) is 5.82 Å². The van der Waals surface area contributed by atoms with Gasteiger partial charge in [-0.25, -0.2) is 9.18 Å². The van der Waals surface area contributed by atoms with Crippen molar-refractivity contribution < 1.29 is 18.7 Å². The molecule has 0 aliphatic carbocycles. The highest BCUT2D eigenvalue weighted by Crippen LogP contribution is 2.34. The second-order valence-electron chi connectivity index (χ2n) is 6.28. The van der Waals surface area contributed by atoms with Crippen molar-refractivity contribution in [1.82, 2.24) is 5.32 Å². The van der Waals surface area contributed by atoms with Crippen LogP contribution in [0.2, 0.25) is 0 Å². The quantitative estimate of drug-likeness (QED) is 0.622. The number of carbonyl (C=O) groups is 2. The molecule has 0 aliphatic heterocycles. The summed E-state index contributed by atoms with van der Waals surface area (Å²) >= 11 is 0. The van der Waals surface area contributed by atoms with Gasteiger partial charge in [-0.1, -0.05) is 72.8 Å². The monoisotopic (exact) mass is 377 g/mol. The molecule has 5 heteroatoms. The summed E-state index contributed by atoms with van der Waals surface area (Å²) in [5, 5.41) is 2.77. The number of methoxy groups -OCH3 is 1. The Labute approximate surface area is 163 Å². The molecular formula is C23H20FNO3. The number of hydrogen-bond acceptors (Lipinski definition) is 3. The molecule has 1 amide bonds. The van der Waals surface area contributed by atoms with Gasteiger partial charge in [0.15, 0.2) is 5.78 Å². The van der Waals surface area contributed by atoms with Crippen molar-refractivity contribution in [2.24, 2.45) is 0 Å². The molecule has 0 spiro atoms. The molecule has 3 rings (SSSR count). The van der Waals surface area contributed by atoms with Crippen molar-refractivity contribution in [2.45, 2.75) is 12.0 Å². The van der Waals surface area contributed by atoms with Crippen molar-refractivity contribution in [1.29, 1.82) is 0 Å². The van der Waals surface area contributed by atoms with Crippen LogP contribution in [0, 0.1) is 5.82 Å². The van der Waals surface area contributed by atoms with E-state index in [0.29, 0.717) is 11.1 Å². The van der Waals surface area contributed by atoms with Crippen LogP contribution in [0.25, 0.3) is 0 Å². The van der Waals surface area contributed by atoms with Gasteiger partial charge >= 0.3 is 6.09 Å². The van der Waals surface area contributed by atoms with Gasteiger partial charge < -0.3 is 10.1 Å². The zero-order valence-electron chi connectivity index (χ0n) is 15.3. The van der Waals surface area contributed by atoms with Crippen LogP contribution in [0.3, 0.4) is 0 Å². The number of ether oxygens (including phenoxy) is 1. The zero-order valence-corrected chi connectivity index (χ0v) is 15.3. The maximum Gasteiger partial charge on any atom is 0.407 e. The molecule has 0 fully saturated rings. The number of benzene rings is 3. The highest BCUT2D eigenvalue weighted by molar-refractivity contribution is 6.01. The van der Waals surface area contributed by atoms with Gasteiger partial charge in [0.25, 0.3) is 0 Å². The third kappa shape index (κ3) is 4.43. The Morgan fingerprint density at radius 3 is 1.96 bits per heavy atom. The van der Waals surface area contributed by atoms with Crippen LogP contribution < -0.4 is 5.32 Å². The van der Waals surface area contributed by atoms with Gasteiger partial charge in [-0.2, -0.15) is 0 Å². The summed E-state index contributed by atoms with van der Waals surface area (Å²) in [6, 6.07) is 23.0. The molecule has 0 saturated carbocycles. The van der Waals surface area contributed by atoms with Crippen LogP contribution in [0.4, 0.5) is 9.18 Å². The lowest BCUT2D eigenvalue weighted by molar-refractivity contribution is 0.0936. The van der Waals surface area contributed by atoms with Crippen LogP contribution in [0.15, 0.2) is 84.9 Å². The number of alkyl carbamates (subject to hydrolysis) is 1. The SMILES string of the molecule is COC(=O)NC(c1ccccc1)C(C(=O)c1ccccc1)c1ccc(F)cc1. The number of nitrogens with one attached hydrogen (secondary N) is 1. The Morgan fingerprint density at radius 1 is 0.821 bits per heavy atom. The molecule has 0 aliphatic rings. The van der Waals surface area contributed by atoms with Gasteiger partial charge in [0, 0.05) is 5.56 Å². The summed E-state index contributed by atoms with van der Waals surface area (Å²) in [6.45, 7) is 0. The highest BCUT2D eigenvalue weighted by Gasteiger charge is 2.33. The molecule has 2 unspecified atom stereocenters. The smallest absolute Gasteiger partial charge is 0.407 e. The standard InChI is InChI=1S/C23H20FNO3/c1-28-23(27)25-21(17-8-4-2-5-9-17)20(16-12-14-19(24)15-13-16)22(26)18-10-6-3-7-11-18/h2-15,20-21H,1H3,(H,25,27). The van der Waals surface area contributed by atoms with Crippen LogP contribution in [-0.4, -0.2) is 19.0 Å². The van der Waals surface area contributed by atoms with E-state index in [9.17, 15) is 14.0 Å². The third-order valence-corrected chi connectivity index (χ3v) is 4.52. The first-order valence-corrected chi connectivity index (χ1v) is 8.84. The predicted octanol–water partition coefficient (Wildman–Crippen LogP) is 4.89. The van der Waals surface area contributed by atoms with E-state index in [0.717, 1.165) is 5.56 Å². The van der Waals surface area contributed by atoms with Gasteiger partial charge in [-0.15, -0.1) is 0 Å². The zero-order chi connectivity index (χ0) is 19.9. The normalized spacial score (nSPS) is 12.6. The van der Waals surface area contributed by atoms with Crippen LogP contribution >= 0.6 is 0 Å². The maximum absolute atomic E-state index is 13.5. The topological polar surface area (TPSA) is 55.4 Å². The van der Waals surface area contributed by atoms with Gasteiger partial charge in [-0.3, -0.25) is 4.79 Å². The number of amides is 1. The summed E-state index contributed by atoms with van der Waals surface area (Å²) in [6.07, 6.45) is -0.651. The molecule has 0 aromatic heterocycles. The summed E-state index contributed by atoms with van der Waals surface area (Å²) in [7, 11) is 1.27. The van der Waals surface area contributed by atoms with Crippen LogP contribution in [-0.2, 0) is 4.74 Å². The molecule has 0 saturated heterocycles. The van der Waals surface area contributed by atoms with E-state index < -0.39 is 23.9 Å². The van der Waals surface area contributed by atoms with Crippen molar-refractivity contribution in [3.63, 3.8) is 0 Å². The first-order valence-electron chi connectivity index (χ1n) is 8.84. The van der Waals surface area contributed by atoms with E-state index in [2.05, 4.69) is 5.32 Å². The van der Waals surface area contributed by atoms with Crippen LogP contribution in [0.5, 0.6) is 0 Å². The number of halogens is 1. The van der Waals surface area contributed by atoms with Crippen molar-refractivity contribution in [3.8, 4) is 0 Å². The molecular weight excluding hydrogens is 357 g/mol. The number of Topliss-reactive ketones (excluding diaryl/α,β-unsaturated/α-hetero) is 1. The van der Waals surface area contributed by atoms with E-state index in [1.807, 2.05) is 36.4 Å². The molecule has 28 heavy (non-hydrogen) atoms. The minimum absolute atomic E-state index is 0.183. The lowest BCUT2D eigenvalue weighted by Gasteiger charge is -2.27. The summed E-state index contributed by atoms with van der Waals surface area (Å²) < 4.78 is 18.3. The average Bonchev–Trinajstić information content (AvgIpc) is 2.75. The minimum Gasteiger partial charge on any atom is -0.453 e. The van der Waals surface area contributed by atoms with Crippen molar-refractivity contribution in [3.05, 3.63) is 107 Å². The third-order valence-electron chi connectivity index (χ3n) is 4.52. The predicted molar refractivity (Wildman–Crippen MR) is 105 cm³/mol. The molecule has 1 N–H and O–H groups in total. The minimum atomic E-state index is -0.760. The Hall–Kier alpha value is -3.47. The number of carbonyl (C=O) groups excluding carboxylic acids is 2. The molecule has 142 valence electrons. The first kappa shape index (κ1) is 19.3. The molecule has 2 atom stereocenters. The highest BCUT2D eigenvalue weighted by atomic mass is 19.1. The largest absolute Gasteiger partial charge is 0.453 e. The van der Waals surface area contributed by atoms with E-state index in [4.69, 9.17) is 4.74 Å². The number of ketones is 1. The van der Waals surface area contributed by atoms with Gasteiger partial charge in [0.2, 0.25) is 0 Å².